The molecule has 1 aliphatic rings. The van der Waals surface area contributed by atoms with E-state index < -0.39 is 15.4 Å². The molecule has 6 nitrogen and oxygen atoms in total. The van der Waals surface area contributed by atoms with Crippen LogP contribution in [0.25, 0.3) is 0 Å². The summed E-state index contributed by atoms with van der Waals surface area (Å²) in [4.78, 5) is 11.9. The van der Waals surface area contributed by atoms with Gasteiger partial charge in [-0.2, -0.15) is 0 Å². The molecule has 2 N–H and O–H groups in total. The number of nitrogens with one attached hydrogen (secondary N) is 2. The van der Waals surface area contributed by atoms with Crippen LogP contribution in [0, 0.1) is 0 Å². The molecule has 0 aromatic heterocycles. The lowest BCUT2D eigenvalue weighted by molar-refractivity contribution is -0.123. The minimum atomic E-state index is -3.00. The van der Waals surface area contributed by atoms with Crippen molar-refractivity contribution >= 4 is 15.7 Å². The Morgan fingerprint density at radius 1 is 1.47 bits per heavy atom. The first-order chi connectivity index (χ1) is 8.68. The molecule has 1 fully saturated rings. The van der Waals surface area contributed by atoms with Gasteiger partial charge in [-0.25, -0.2) is 8.42 Å². The summed E-state index contributed by atoms with van der Waals surface area (Å²) in [6, 6.07) is 0.0412. The van der Waals surface area contributed by atoms with E-state index in [1.165, 1.54) is 6.26 Å². The van der Waals surface area contributed by atoms with Crippen molar-refractivity contribution in [2.75, 3.05) is 31.8 Å². The van der Waals surface area contributed by atoms with E-state index >= 15 is 0 Å². The van der Waals surface area contributed by atoms with Crippen molar-refractivity contribution in [2.24, 2.45) is 0 Å². The van der Waals surface area contributed by atoms with Crippen molar-refractivity contribution in [3.05, 3.63) is 0 Å². The van der Waals surface area contributed by atoms with Gasteiger partial charge in [-0.3, -0.25) is 4.79 Å². The molecule has 1 atom stereocenters. The zero-order valence-electron chi connectivity index (χ0n) is 11.9. The molecule has 1 rings (SSSR count). The molecule has 7 heteroatoms. The van der Waals surface area contributed by atoms with Crippen molar-refractivity contribution in [1.29, 1.82) is 0 Å². The van der Waals surface area contributed by atoms with E-state index in [0.29, 0.717) is 26.1 Å². The molecule has 1 amide bonds. The smallest absolute Gasteiger partial charge is 0.222 e. The number of sulfone groups is 1. The lowest BCUT2D eigenvalue weighted by Gasteiger charge is -2.28. The van der Waals surface area contributed by atoms with Crippen LogP contribution in [0.5, 0.6) is 0 Å². The standard InChI is InChI=1S/C12H24N2O4S/c1-12(2,4-7-19(3,16)17)14-11(15)8-10-9-18-6-5-13-10/h10,13H,4-9H2,1-3H3,(H,14,15). The highest BCUT2D eigenvalue weighted by molar-refractivity contribution is 7.90. The van der Waals surface area contributed by atoms with E-state index in [1.54, 1.807) is 0 Å². The van der Waals surface area contributed by atoms with E-state index in [9.17, 15) is 13.2 Å². The first kappa shape index (κ1) is 16.4. The number of hydrogen-bond donors (Lipinski definition) is 2. The lowest BCUT2D eigenvalue weighted by atomic mass is 10.0. The maximum absolute atomic E-state index is 11.9. The molecule has 0 aromatic rings. The van der Waals surface area contributed by atoms with Crippen LogP contribution in [-0.4, -0.2) is 57.7 Å². The quantitative estimate of drug-likeness (QED) is 0.702. The highest BCUT2D eigenvalue weighted by atomic mass is 32.2. The van der Waals surface area contributed by atoms with E-state index in [1.807, 2.05) is 13.8 Å². The minimum Gasteiger partial charge on any atom is -0.378 e. The molecule has 19 heavy (non-hydrogen) atoms. The van der Waals surface area contributed by atoms with Gasteiger partial charge in [0.1, 0.15) is 9.84 Å². The number of carbonyl (C=O) groups excluding carboxylic acids is 1. The Morgan fingerprint density at radius 2 is 2.16 bits per heavy atom. The van der Waals surface area contributed by atoms with Crippen molar-refractivity contribution in [1.82, 2.24) is 10.6 Å². The maximum Gasteiger partial charge on any atom is 0.222 e. The summed E-state index contributed by atoms with van der Waals surface area (Å²) in [5, 5.41) is 6.09. The van der Waals surface area contributed by atoms with Crippen LogP contribution in [0.3, 0.4) is 0 Å². The first-order valence-corrected chi connectivity index (χ1v) is 8.54. The van der Waals surface area contributed by atoms with Gasteiger partial charge < -0.3 is 15.4 Å². The molecule has 1 heterocycles. The maximum atomic E-state index is 11.9. The number of rotatable bonds is 6. The highest BCUT2D eigenvalue weighted by Gasteiger charge is 2.24. The topological polar surface area (TPSA) is 84.5 Å². The predicted octanol–water partition coefficient (Wildman–Crippen LogP) is -0.306. The van der Waals surface area contributed by atoms with E-state index in [2.05, 4.69) is 10.6 Å². The van der Waals surface area contributed by atoms with Crippen LogP contribution in [0.1, 0.15) is 26.7 Å². The molecule has 0 aromatic carbocycles. The van der Waals surface area contributed by atoms with Crippen LogP contribution in [0.4, 0.5) is 0 Å². The largest absolute Gasteiger partial charge is 0.378 e. The van der Waals surface area contributed by atoms with Crippen LogP contribution < -0.4 is 10.6 Å². The normalized spacial score (nSPS) is 21.1. The second-order valence-electron chi connectivity index (χ2n) is 5.74. The van der Waals surface area contributed by atoms with Gasteiger partial charge in [0, 0.05) is 30.8 Å². The molecule has 1 unspecified atom stereocenters. The van der Waals surface area contributed by atoms with Gasteiger partial charge in [0.2, 0.25) is 5.91 Å². The molecule has 0 radical (unpaired) electrons. The monoisotopic (exact) mass is 292 g/mol. The van der Waals surface area contributed by atoms with Crippen LogP contribution in [0.15, 0.2) is 0 Å². The summed E-state index contributed by atoms with van der Waals surface area (Å²) >= 11 is 0. The Bertz CT molecular complexity index is 400. The number of morpholine rings is 1. The third-order valence-electron chi connectivity index (χ3n) is 3.01. The molecular weight excluding hydrogens is 268 g/mol. The van der Waals surface area contributed by atoms with Crippen LogP contribution >= 0.6 is 0 Å². The van der Waals surface area contributed by atoms with Gasteiger partial charge >= 0.3 is 0 Å². The van der Waals surface area contributed by atoms with Crippen molar-refractivity contribution < 1.29 is 17.9 Å². The van der Waals surface area contributed by atoms with Gasteiger partial charge in [0.05, 0.1) is 19.0 Å². The Morgan fingerprint density at radius 3 is 2.68 bits per heavy atom. The Labute approximate surface area is 115 Å². The fourth-order valence-electron chi connectivity index (χ4n) is 1.91. The zero-order valence-corrected chi connectivity index (χ0v) is 12.7. The minimum absolute atomic E-state index is 0.0412. The highest BCUT2D eigenvalue weighted by Crippen LogP contribution is 2.11. The Balaban J connectivity index is 2.36. The number of hydrogen-bond acceptors (Lipinski definition) is 5. The summed E-state index contributed by atoms with van der Waals surface area (Å²) in [5.41, 5.74) is -0.518. The van der Waals surface area contributed by atoms with Crippen LogP contribution in [-0.2, 0) is 19.4 Å². The Kier molecular flexibility index (Phi) is 5.76. The van der Waals surface area contributed by atoms with Gasteiger partial charge in [-0.1, -0.05) is 0 Å². The summed E-state index contributed by atoms with van der Waals surface area (Å²) < 4.78 is 27.6. The summed E-state index contributed by atoms with van der Waals surface area (Å²) in [6.45, 7) is 5.65. The fraction of sp³-hybridized carbons (Fsp3) is 0.917. The Hall–Kier alpha value is -0.660. The fourth-order valence-corrected chi connectivity index (χ4v) is 2.79. The lowest BCUT2D eigenvalue weighted by Crippen LogP contribution is -2.49. The molecule has 1 aliphatic heterocycles. The first-order valence-electron chi connectivity index (χ1n) is 6.48. The molecule has 0 aliphatic carbocycles. The molecule has 112 valence electrons. The van der Waals surface area contributed by atoms with Gasteiger partial charge in [0.25, 0.3) is 0 Å². The summed E-state index contributed by atoms with van der Waals surface area (Å²) in [5.74, 6) is -0.00747. The molecular formula is C12H24N2O4S. The van der Waals surface area contributed by atoms with Gasteiger partial charge in [0.15, 0.2) is 0 Å². The summed E-state index contributed by atoms with van der Waals surface area (Å²) in [6.07, 6.45) is 1.96. The molecule has 0 spiro atoms. The zero-order chi connectivity index (χ0) is 14.5. The average Bonchev–Trinajstić information content (AvgIpc) is 2.26. The molecule has 1 saturated heterocycles. The van der Waals surface area contributed by atoms with E-state index in [4.69, 9.17) is 4.74 Å². The van der Waals surface area contributed by atoms with Gasteiger partial charge in [-0.15, -0.1) is 0 Å². The third-order valence-corrected chi connectivity index (χ3v) is 3.95. The SMILES string of the molecule is CC(C)(CCS(C)(=O)=O)NC(=O)CC1COCCN1. The van der Waals surface area contributed by atoms with Crippen molar-refractivity contribution in [2.45, 2.75) is 38.3 Å². The van der Waals surface area contributed by atoms with E-state index in [0.717, 1.165) is 6.54 Å². The van der Waals surface area contributed by atoms with Crippen molar-refractivity contribution in [3.8, 4) is 0 Å². The second kappa shape index (κ2) is 6.67. The molecule has 0 bridgehead atoms. The third kappa shape index (κ3) is 7.49. The number of amides is 1. The predicted molar refractivity (Wildman–Crippen MR) is 73.8 cm³/mol. The summed E-state index contributed by atoms with van der Waals surface area (Å²) in [7, 11) is -3.00. The van der Waals surface area contributed by atoms with Crippen molar-refractivity contribution in [3.63, 3.8) is 0 Å². The second-order valence-corrected chi connectivity index (χ2v) is 8.00. The van der Waals surface area contributed by atoms with Crippen LogP contribution in [0.2, 0.25) is 0 Å². The average molecular weight is 292 g/mol. The number of carbonyl (C=O) groups is 1. The van der Waals surface area contributed by atoms with E-state index in [-0.39, 0.29) is 17.7 Å². The van der Waals surface area contributed by atoms with Gasteiger partial charge in [-0.05, 0) is 20.3 Å². The molecule has 0 saturated carbocycles. The number of ether oxygens (including phenoxy) is 1.